The number of carboxylic acid groups (broad SMARTS) is 1. The number of hydrogen-bond donors (Lipinski definition) is 1. The molecule has 1 N–H and O–H groups in total. The molecule has 0 aromatic rings. The SMILES string of the molecule is CC(=O)O.CC(=O)O[C@H]1C=C[C@@H](O[Si](C)(C)C(C)(C)C)C1. The predicted octanol–water partition coefficient (Wildman–Crippen LogP) is 3.36. The molecule has 0 bridgehead atoms. The fourth-order valence-corrected chi connectivity index (χ4v) is 2.86. The molecule has 122 valence electrons. The number of aliphatic carboxylic acids is 1. The van der Waals surface area contributed by atoms with Crippen LogP contribution in [0.1, 0.15) is 41.0 Å². The van der Waals surface area contributed by atoms with Crippen LogP contribution < -0.4 is 0 Å². The van der Waals surface area contributed by atoms with Crippen molar-refractivity contribution in [3.05, 3.63) is 12.2 Å². The number of carbonyl (C=O) groups is 2. The predicted molar refractivity (Wildman–Crippen MR) is 84.7 cm³/mol. The molecule has 1 rings (SSSR count). The molecule has 0 aromatic carbocycles. The van der Waals surface area contributed by atoms with Gasteiger partial charge in [-0.25, -0.2) is 0 Å². The molecule has 0 aliphatic heterocycles. The minimum atomic E-state index is -1.73. The minimum Gasteiger partial charge on any atom is -0.481 e. The van der Waals surface area contributed by atoms with Crippen molar-refractivity contribution in [3.63, 3.8) is 0 Å². The molecule has 0 spiro atoms. The van der Waals surface area contributed by atoms with Crippen molar-refractivity contribution in [1.29, 1.82) is 0 Å². The van der Waals surface area contributed by atoms with Gasteiger partial charge in [0.15, 0.2) is 8.32 Å². The van der Waals surface area contributed by atoms with Crippen molar-refractivity contribution in [3.8, 4) is 0 Å². The lowest BCUT2D eigenvalue weighted by Gasteiger charge is -2.38. The quantitative estimate of drug-likeness (QED) is 0.491. The maximum Gasteiger partial charge on any atom is 0.303 e. The van der Waals surface area contributed by atoms with E-state index in [1.807, 2.05) is 12.2 Å². The first-order valence-corrected chi connectivity index (χ1v) is 9.99. The summed E-state index contributed by atoms with van der Waals surface area (Å²) in [5.74, 6) is -1.06. The third-order valence-corrected chi connectivity index (χ3v) is 8.08. The molecule has 21 heavy (non-hydrogen) atoms. The van der Waals surface area contributed by atoms with Crippen LogP contribution in [-0.4, -0.2) is 37.6 Å². The van der Waals surface area contributed by atoms with E-state index >= 15 is 0 Å². The van der Waals surface area contributed by atoms with E-state index in [9.17, 15) is 4.79 Å². The molecule has 0 aromatic heterocycles. The molecule has 0 unspecified atom stereocenters. The third-order valence-electron chi connectivity index (χ3n) is 3.57. The second kappa shape index (κ2) is 7.75. The zero-order valence-electron chi connectivity index (χ0n) is 14.1. The molecule has 0 amide bonds. The molecule has 0 heterocycles. The van der Waals surface area contributed by atoms with Gasteiger partial charge in [-0.15, -0.1) is 0 Å². The highest BCUT2D eigenvalue weighted by atomic mass is 28.4. The van der Waals surface area contributed by atoms with Gasteiger partial charge in [0, 0.05) is 20.3 Å². The molecule has 1 aliphatic carbocycles. The summed E-state index contributed by atoms with van der Waals surface area (Å²) in [6.07, 6.45) is 4.70. The van der Waals surface area contributed by atoms with Crippen LogP contribution in [0.3, 0.4) is 0 Å². The van der Waals surface area contributed by atoms with Crippen LogP contribution in [0, 0.1) is 0 Å². The van der Waals surface area contributed by atoms with Gasteiger partial charge in [0.1, 0.15) is 6.10 Å². The Balaban J connectivity index is 0.000000885. The maximum atomic E-state index is 10.9. The van der Waals surface area contributed by atoms with Crippen LogP contribution in [0.4, 0.5) is 0 Å². The summed E-state index contributed by atoms with van der Waals surface area (Å²) in [5, 5.41) is 7.63. The summed E-state index contributed by atoms with van der Waals surface area (Å²) in [4.78, 5) is 19.9. The molecular formula is C15H28O5Si. The average Bonchev–Trinajstić information content (AvgIpc) is 2.60. The molecule has 0 radical (unpaired) electrons. The van der Waals surface area contributed by atoms with Gasteiger partial charge in [-0.2, -0.15) is 0 Å². The summed E-state index contributed by atoms with van der Waals surface area (Å²) in [5.41, 5.74) is 0. The van der Waals surface area contributed by atoms with E-state index in [2.05, 4.69) is 33.9 Å². The fraction of sp³-hybridized carbons (Fsp3) is 0.733. The number of ether oxygens (including phenoxy) is 1. The zero-order valence-corrected chi connectivity index (χ0v) is 15.1. The number of rotatable bonds is 3. The lowest BCUT2D eigenvalue weighted by molar-refractivity contribution is -0.144. The van der Waals surface area contributed by atoms with Gasteiger partial charge < -0.3 is 14.3 Å². The Hall–Kier alpha value is -1.14. The smallest absolute Gasteiger partial charge is 0.303 e. The summed E-state index contributed by atoms with van der Waals surface area (Å²) >= 11 is 0. The Morgan fingerprint density at radius 1 is 1.14 bits per heavy atom. The highest BCUT2D eigenvalue weighted by Crippen LogP contribution is 2.38. The van der Waals surface area contributed by atoms with E-state index in [1.54, 1.807) is 0 Å². The van der Waals surface area contributed by atoms with Gasteiger partial charge >= 0.3 is 5.97 Å². The standard InChI is InChI=1S/C13H24O3Si.C2H4O2/c1-10(14)15-11-7-8-12(9-11)16-17(5,6)13(2,3)4;1-2(3)4/h7-8,11-12H,9H2,1-6H3;1H3,(H,3,4)/t11-,12+;/m0./s1. The monoisotopic (exact) mass is 316 g/mol. The van der Waals surface area contributed by atoms with Gasteiger partial charge in [-0.05, 0) is 24.2 Å². The van der Waals surface area contributed by atoms with Crippen molar-refractivity contribution < 1.29 is 23.9 Å². The number of carbonyl (C=O) groups excluding carboxylic acids is 1. The fourth-order valence-electron chi connectivity index (χ4n) is 1.58. The second-order valence-electron chi connectivity index (χ2n) is 6.70. The normalized spacial score (nSPS) is 21.5. The van der Waals surface area contributed by atoms with Crippen LogP contribution in [0.25, 0.3) is 0 Å². The van der Waals surface area contributed by atoms with Crippen molar-refractivity contribution >= 4 is 20.3 Å². The minimum absolute atomic E-state index is 0.0974. The van der Waals surface area contributed by atoms with E-state index in [4.69, 9.17) is 19.1 Å². The molecule has 2 atom stereocenters. The average molecular weight is 316 g/mol. The first-order chi connectivity index (χ1) is 9.35. The number of carboxylic acids is 1. The Morgan fingerprint density at radius 2 is 1.57 bits per heavy atom. The van der Waals surface area contributed by atoms with E-state index in [0.717, 1.165) is 13.3 Å². The molecular weight excluding hydrogens is 288 g/mol. The van der Waals surface area contributed by atoms with Gasteiger partial charge in [0.25, 0.3) is 5.97 Å². The number of hydrogen-bond acceptors (Lipinski definition) is 4. The summed E-state index contributed by atoms with van der Waals surface area (Å²) in [6.45, 7) is 13.7. The summed E-state index contributed by atoms with van der Waals surface area (Å²) < 4.78 is 11.4. The van der Waals surface area contributed by atoms with Crippen LogP contribution in [0.5, 0.6) is 0 Å². The van der Waals surface area contributed by atoms with Crippen molar-refractivity contribution in [2.75, 3.05) is 0 Å². The summed E-state index contributed by atoms with van der Waals surface area (Å²) in [6, 6.07) is 0. The lowest BCUT2D eigenvalue weighted by atomic mass is 10.2. The van der Waals surface area contributed by atoms with Crippen molar-refractivity contribution in [2.24, 2.45) is 0 Å². The topological polar surface area (TPSA) is 72.8 Å². The number of esters is 1. The van der Waals surface area contributed by atoms with E-state index < -0.39 is 14.3 Å². The van der Waals surface area contributed by atoms with E-state index in [0.29, 0.717) is 0 Å². The van der Waals surface area contributed by atoms with Crippen LogP contribution >= 0.6 is 0 Å². The van der Waals surface area contributed by atoms with Crippen molar-refractivity contribution in [1.82, 2.24) is 0 Å². The first kappa shape index (κ1) is 19.9. The lowest BCUT2D eigenvalue weighted by Crippen LogP contribution is -2.43. The third kappa shape index (κ3) is 8.01. The molecule has 5 nitrogen and oxygen atoms in total. The van der Waals surface area contributed by atoms with Gasteiger partial charge in [0.05, 0.1) is 6.10 Å². The van der Waals surface area contributed by atoms with Crippen molar-refractivity contribution in [2.45, 2.75) is 71.4 Å². The molecule has 1 aliphatic rings. The zero-order chi connectivity index (χ0) is 16.8. The molecule has 6 heteroatoms. The Kier molecular flexibility index (Phi) is 7.33. The highest BCUT2D eigenvalue weighted by Gasteiger charge is 2.39. The summed E-state index contributed by atoms with van der Waals surface area (Å²) in [7, 11) is -1.73. The van der Waals surface area contributed by atoms with Gasteiger partial charge in [0.2, 0.25) is 0 Å². The molecule has 0 saturated heterocycles. The van der Waals surface area contributed by atoms with Crippen LogP contribution in [0.2, 0.25) is 18.1 Å². The second-order valence-corrected chi connectivity index (χ2v) is 11.5. The van der Waals surface area contributed by atoms with E-state index in [1.165, 1.54) is 6.92 Å². The van der Waals surface area contributed by atoms with E-state index in [-0.39, 0.29) is 23.2 Å². The molecule has 0 fully saturated rings. The maximum absolute atomic E-state index is 10.9. The Labute approximate surface area is 128 Å². The first-order valence-electron chi connectivity index (χ1n) is 7.08. The largest absolute Gasteiger partial charge is 0.481 e. The van der Waals surface area contributed by atoms with Gasteiger partial charge in [-0.1, -0.05) is 26.8 Å². The van der Waals surface area contributed by atoms with Crippen LogP contribution in [0.15, 0.2) is 12.2 Å². The molecule has 0 saturated carbocycles. The highest BCUT2D eigenvalue weighted by molar-refractivity contribution is 6.74. The Morgan fingerprint density at radius 3 is 1.95 bits per heavy atom. The van der Waals surface area contributed by atoms with Gasteiger partial charge in [-0.3, -0.25) is 9.59 Å². The Bertz CT molecular complexity index is 391. The van der Waals surface area contributed by atoms with Crippen LogP contribution in [-0.2, 0) is 18.8 Å².